The van der Waals surface area contributed by atoms with E-state index in [9.17, 15) is 0 Å². The van der Waals surface area contributed by atoms with Crippen molar-refractivity contribution < 1.29 is 4.42 Å². The molecule has 4 heteroatoms. The number of oxazole rings is 1. The molecule has 3 nitrogen and oxygen atoms in total. The van der Waals surface area contributed by atoms with Crippen molar-refractivity contribution in [2.24, 2.45) is 0 Å². The lowest BCUT2D eigenvalue weighted by Crippen LogP contribution is -1.86. The molecule has 0 unspecified atom stereocenters. The summed E-state index contributed by atoms with van der Waals surface area (Å²) in [5, 5.41) is 0.579. The zero-order chi connectivity index (χ0) is 10.1. The summed E-state index contributed by atoms with van der Waals surface area (Å²) in [6.45, 7) is 1.86. The van der Waals surface area contributed by atoms with E-state index in [4.69, 9.17) is 21.8 Å². The fraction of sp³-hybridized carbons (Fsp3) is 0.100. The number of aromatic nitrogens is 1. The van der Waals surface area contributed by atoms with E-state index in [0.29, 0.717) is 16.6 Å². The Morgan fingerprint density at radius 2 is 2.14 bits per heavy atom. The number of nitrogen functional groups attached to an aromatic ring is 1. The summed E-state index contributed by atoms with van der Waals surface area (Å²) < 4.78 is 5.24. The quantitative estimate of drug-likeness (QED) is 0.734. The Kier molecular flexibility index (Phi) is 2.17. The third-order valence-corrected chi connectivity index (χ3v) is 2.00. The van der Waals surface area contributed by atoms with Gasteiger partial charge in [0, 0.05) is 16.3 Å². The van der Waals surface area contributed by atoms with Gasteiger partial charge in [0.15, 0.2) is 0 Å². The predicted octanol–water partition coefficient (Wildman–Crippen LogP) is 2.89. The van der Waals surface area contributed by atoms with Crippen molar-refractivity contribution in [2.45, 2.75) is 6.92 Å². The monoisotopic (exact) mass is 208 g/mol. The maximum Gasteiger partial charge on any atom is 0.226 e. The summed E-state index contributed by atoms with van der Waals surface area (Å²) in [6, 6.07) is 5.22. The molecule has 0 spiro atoms. The smallest absolute Gasteiger partial charge is 0.226 e. The maximum atomic E-state index is 5.86. The average Bonchev–Trinajstić information content (AvgIpc) is 2.50. The van der Waals surface area contributed by atoms with Crippen LogP contribution in [0.1, 0.15) is 5.69 Å². The van der Waals surface area contributed by atoms with Crippen LogP contribution in [0.25, 0.3) is 11.5 Å². The van der Waals surface area contributed by atoms with Crippen LogP contribution in [-0.2, 0) is 0 Å². The minimum Gasteiger partial charge on any atom is -0.444 e. The van der Waals surface area contributed by atoms with E-state index >= 15 is 0 Å². The first-order chi connectivity index (χ1) is 6.65. The summed E-state index contributed by atoms with van der Waals surface area (Å²) in [5.41, 5.74) is 7.88. The highest BCUT2D eigenvalue weighted by molar-refractivity contribution is 6.31. The molecule has 0 atom stereocenters. The normalized spacial score (nSPS) is 10.4. The fourth-order valence-corrected chi connectivity index (χ4v) is 1.47. The van der Waals surface area contributed by atoms with Gasteiger partial charge in [-0.2, -0.15) is 0 Å². The Labute approximate surface area is 86.5 Å². The van der Waals surface area contributed by atoms with Crippen LogP contribution in [0.2, 0.25) is 5.02 Å². The van der Waals surface area contributed by atoms with Crippen molar-refractivity contribution in [3.63, 3.8) is 0 Å². The number of anilines is 1. The van der Waals surface area contributed by atoms with Gasteiger partial charge < -0.3 is 10.2 Å². The molecule has 0 radical (unpaired) electrons. The molecule has 0 aliphatic rings. The van der Waals surface area contributed by atoms with E-state index in [2.05, 4.69) is 4.98 Å². The van der Waals surface area contributed by atoms with Crippen molar-refractivity contribution in [3.8, 4) is 11.5 Å². The van der Waals surface area contributed by atoms with Crippen LogP contribution in [-0.4, -0.2) is 4.98 Å². The van der Waals surface area contributed by atoms with Crippen molar-refractivity contribution in [3.05, 3.63) is 35.2 Å². The lowest BCUT2D eigenvalue weighted by atomic mass is 10.2. The van der Waals surface area contributed by atoms with Crippen LogP contribution in [0.15, 0.2) is 28.9 Å². The highest BCUT2D eigenvalue weighted by Gasteiger charge is 2.05. The van der Waals surface area contributed by atoms with E-state index in [-0.39, 0.29) is 0 Å². The molecule has 0 fully saturated rings. The molecular formula is C10H9ClN2O. The van der Waals surface area contributed by atoms with Gasteiger partial charge in [0.25, 0.3) is 0 Å². The van der Waals surface area contributed by atoms with Gasteiger partial charge >= 0.3 is 0 Å². The lowest BCUT2D eigenvalue weighted by Gasteiger charge is -1.98. The molecule has 14 heavy (non-hydrogen) atoms. The van der Waals surface area contributed by atoms with E-state index < -0.39 is 0 Å². The molecule has 0 aliphatic carbocycles. The third kappa shape index (κ3) is 1.72. The Morgan fingerprint density at radius 3 is 2.71 bits per heavy atom. The molecule has 0 saturated heterocycles. The summed E-state index contributed by atoms with van der Waals surface area (Å²) in [5.74, 6) is 0.539. The SMILES string of the molecule is Cc1coc(-c2cc(N)cc(Cl)c2)n1. The zero-order valence-corrected chi connectivity index (χ0v) is 8.38. The molecule has 2 aromatic rings. The van der Waals surface area contributed by atoms with Crippen LogP contribution in [0.4, 0.5) is 5.69 Å². The van der Waals surface area contributed by atoms with E-state index in [1.807, 2.05) is 6.92 Å². The number of benzene rings is 1. The van der Waals surface area contributed by atoms with Gasteiger partial charge in [0.1, 0.15) is 6.26 Å². The lowest BCUT2D eigenvalue weighted by molar-refractivity contribution is 0.573. The van der Waals surface area contributed by atoms with Crippen LogP contribution < -0.4 is 5.73 Å². The van der Waals surface area contributed by atoms with Crippen molar-refractivity contribution >= 4 is 17.3 Å². The molecule has 0 saturated carbocycles. The predicted molar refractivity (Wildman–Crippen MR) is 56.1 cm³/mol. The molecule has 0 aliphatic heterocycles. The standard InChI is InChI=1S/C10H9ClN2O/c1-6-5-14-10(13-6)7-2-8(11)4-9(12)3-7/h2-5H,12H2,1H3. The van der Waals surface area contributed by atoms with Gasteiger partial charge in [-0.3, -0.25) is 0 Å². The highest BCUT2D eigenvalue weighted by atomic mass is 35.5. The molecular weight excluding hydrogens is 200 g/mol. The van der Waals surface area contributed by atoms with E-state index in [1.54, 1.807) is 24.5 Å². The molecule has 1 heterocycles. The number of hydrogen-bond donors (Lipinski definition) is 1. The summed E-state index contributed by atoms with van der Waals surface area (Å²) in [4.78, 5) is 4.18. The third-order valence-electron chi connectivity index (χ3n) is 1.79. The number of nitrogens with zero attached hydrogens (tertiary/aromatic N) is 1. The molecule has 72 valence electrons. The van der Waals surface area contributed by atoms with Crippen molar-refractivity contribution in [1.29, 1.82) is 0 Å². The summed E-state index contributed by atoms with van der Waals surface area (Å²) in [7, 11) is 0. The van der Waals surface area contributed by atoms with Crippen LogP contribution in [0.5, 0.6) is 0 Å². The number of halogens is 1. The Hall–Kier alpha value is -1.48. The zero-order valence-electron chi connectivity index (χ0n) is 7.62. The first kappa shape index (κ1) is 9.09. The molecule has 1 aromatic heterocycles. The van der Waals surface area contributed by atoms with Crippen LogP contribution >= 0.6 is 11.6 Å². The van der Waals surface area contributed by atoms with Gasteiger partial charge in [-0.15, -0.1) is 0 Å². The maximum absolute atomic E-state index is 5.86. The minimum atomic E-state index is 0.539. The van der Waals surface area contributed by atoms with Gasteiger partial charge in [-0.05, 0) is 25.1 Å². The van der Waals surface area contributed by atoms with E-state index in [1.165, 1.54) is 0 Å². The van der Waals surface area contributed by atoms with Crippen molar-refractivity contribution in [1.82, 2.24) is 4.98 Å². The second-order valence-corrected chi connectivity index (χ2v) is 3.50. The molecule has 0 amide bonds. The Bertz CT molecular complexity index is 445. The summed E-state index contributed by atoms with van der Waals surface area (Å²) in [6.07, 6.45) is 1.59. The van der Waals surface area contributed by atoms with E-state index in [0.717, 1.165) is 11.3 Å². The Morgan fingerprint density at radius 1 is 1.36 bits per heavy atom. The second kappa shape index (κ2) is 3.35. The topological polar surface area (TPSA) is 52.0 Å². The number of nitrogens with two attached hydrogens (primary N) is 1. The van der Waals surface area contributed by atoms with Crippen molar-refractivity contribution in [2.75, 3.05) is 5.73 Å². The van der Waals surface area contributed by atoms with Crippen LogP contribution in [0, 0.1) is 6.92 Å². The number of aryl methyl sites for hydroxylation is 1. The first-order valence-corrected chi connectivity index (χ1v) is 4.51. The van der Waals surface area contributed by atoms with Gasteiger partial charge in [0.05, 0.1) is 5.69 Å². The fourth-order valence-electron chi connectivity index (χ4n) is 1.22. The second-order valence-electron chi connectivity index (χ2n) is 3.07. The van der Waals surface area contributed by atoms with Crippen LogP contribution in [0.3, 0.4) is 0 Å². The van der Waals surface area contributed by atoms with Gasteiger partial charge in [-0.1, -0.05) is 11.6 Å². The first-order valence-electron chi connectivity index (χ1n) is 4.14. The molecule has 1 aromatic carbocycles. The Balaban J connectivity index is 2.51. The number of rotatable bonds is 1. The van der Waals surface area contributed by atoms with Gasteiger partial charge in [-0.25, -0.2) is 4.98 Å². The number of hydrogen-bond acceptors (Lipinski definition) is 3. The molecule has 2 rings (SSSR count). The van der Waals surface area contributed by atoms with Gasteiger partial charge in [0.2, 0.25) is 5.89 Å². The summed E-state index contributed by atoms with van der Waals surface area (Å²) >= 11 is 5.86. The average molecular weight is 209 g/mol. The minimum absolute atomic E-state index is 0.539. The molecule has 2 N–H and O–H groups in total. The highest BCUT2D eigenvalue weighted by Crippen LogP contribution is 2.25. The molecule has 0 bridgehead atoms. The largest absolute Gasteiger partial charge is 0.444 e.